The van der Waals surface area contributed by atoms with E-state index < -0.39 is 0 Å². The number of carbonyl (C=O) groups is 1. The van der Waals surface area contributed by atoms with Gasteiger partial charge >= 0.3 is 0 Å². The second kappa shape index (κ2) is 9.60. The van der Waals surface area contributed by atoms with Gasteiger partial charge in [-0.2, -0.15) is 12.6 Å². The van der Waals surface area contributed by atoms with Gasteiger partial charge < -0.3 is 10.6 Å². The first-order valence-corrected chi connectivity index (χ1v) is 10.1. The quantitative estimate of drug-likeness (QED) is 0.733. The molecule has 2 atom stereocenters. The van der Waals surface area contributed by atoms with Gasteiger partial charge in [-0.25, -0.2) is 0 Å². The zero-order chi connectivity index (χ0) is 18.4. The second-order valence-corrected chi connectivity index (χ2v) is 7.61. The van der Waals surface area contributed by atoms with Gasteiger partial charge in [0.1, 0.15) is 0 Å². The summed E-state index contributed by atoms with van der Waals surface area (Å²) in [5.74, 6) is 0.877. The van der Waals surface area contributed by atoms with Crippen molar-refractivity contribution in [2.75, 3.05) is 31.9 Å². The third-order valence-electron chi connectivity index (χ3n) is 5.28. The van der Waals surface area contributed by atoms with Gasteiger partial charge in [-0.3, -0.25) is 9.69 Å². The smallest absolute Gasteiger partial charge is 0.254 e. The Bertz CT molecular complexity index is 578. The summed E-state index contributed by atoms with van der Waals surface area (Å²) in [4.78, 5) is 17.7. The molecule has 25 heavy (non-hydrogen) atoms. The highest BCUT2D eigenvalue weighted by molar-refractivity contribution is 7.80. The topological polar surface area (TPSA) is 49.6 Å². The van der Waals surface area contributed by atoms with Crippen LogP contribution >= 0.6 is 12.6 Å². The molecule has 1 amide bonds. The first-order valence-electron chi connectivity index (χ1n) is 9.43. The van der Waals surface area contributed by atoms with Gasteiger partial charge in [0.15, 0.2) is 0 Å². The van der Waals surface area contributed by atoms with Crippen LogP contribution in [0, 0.1) is 13.8 Å². The van der Waals surface area contributed by atoms with Crippen LogP contribution in [0.2, 0.25) is 0 Å². The molecular weight excluding hydrogens is 330 g/mol. The van der Waals surface area contributed by atoms with Crippen molar-refractivity contribution in [3.8, 4) is 0 Å². The summed E-state index contributed by atoms with van der Waals surface area (Å²) in [6.07, 6.45) is 3.35. The van der Waals surface area contributed by atoms with Crippen molar-refractivity contribution in [3.63, 3.8) is 0 Å². The average molecular weight is 364 g/mol. The summed E-state index contributed by atoms with van der Waals surface area (Å²) >= 11 is 4.30. The van der Waals surface area contributed by atoms with E-state index in [4.69, 9.17) is 5.73 Å². The molecule has 1 aliphatic heterocycles. The summed E-state index contributed by atoms with van der Waals surface area (Å²) in [5.41, 5.74) is 9.20. The molecule has 0 aliphatic carbocycles. The lowest BCUT2D eigenvalue weighted by Gasteiger charge is -2.42. The standard InChI is InChI=1S/C20H33N3OS/c1-4-5-8-18-13-22(12-17(21)14-25)10-11-23(18)20(24)19-9-6-7-15(2)16(19)3/h6-7,9,17-18,25H,4-5,8,10-14,21H2,1-3H3/t17-,18+/m1/s1. The first kappa shape index (κ1) is 20.3. The van der Waals surface area contributed by atoms with Crippen LogP contribution in [-0.4, -0.2) is 59.7 Å². The van der Waals surface area contributed by atoms with Crippen molar-refractivity contribution in [1.82, 2.24) is 9.80 Å². The Morgan fingerprint density at radius 1 is 1.36 bits per heavy atom. The van der Waals surface area contributed by atoms with Gasteiger partial charge in [-0.1, -0.05) is 31.9 Å². The van der Waals surface area contributed by atoms with Crippen LogP contribution in [0.4, 0.5) is 0 Å². The fourth-order valence-corrected chi connectivity index (χ4v) is 3.68. The van der Waals surface area contributed by atoms with Crippen LogP contribution in [0.25, 0.3) is 0 Å². The van der Waals surface area contributed by atoms with E-state index in [0.717, 1.165) is 56.6 Å². The number of rotatable bonds is 7. The van der Waals surface area contributed by atoms with E-state index in [1.165, 1.54) is 5.56 Å². The Balaban J connectivity index is 2.14. The fourth-order valence-electron chi connectivity index (χ4n) is 3.57. The number of benzene rings is 1. The monoisotopic (exact) mass is 363 g/mol. The third kappa shape index (κ3) is 5.22. The number of unbranched alkanes of at least 4 members (excludes halogenated alkanes) is 1. The van der Waals surface area contributed by atoms with Crippen molar-refractivity contribution >= 4 is 18.5 Å². The molecule has 2 N–H and O–H groups in total. The summed E-state index contributed by atoms with van der Waals surface area (Å²) in [6, 6.07) is 6.38. The van der Waals surface area contributed by atoms with Crippen molar-refractivity contribution in [2.24, 2.45) is 5.73 Å². The molecular formula is C20H33N3OS. The average Bonchev–Trinajstić information content (AvgIpc) is 2.61. The van der Waals surface area contributed by atoms with Gasteiger partial charge in [-0.15, -0.1) is 0 Å². The van der Waals surface area contributed by atoms with Crippen LogP contribution in [0.15, 0.2) is 18.2 Å². The Hall–Kier alpha value is -1.04. The van der Waals surface area contributed by atoms with E-state index in [0.29, 0.717) is 5.75 Å². The van der Waals surface area contributed by atoms with Gasteiger partial charge in [0.05, 0.1) is 0 Å². The Morgan fingerprint density at radius 3 is 2.80 bits per heavy atom. The highest BCUT2D eigenvalue weighted by atomic mass is 32.1. The maximum atomic E-state index is 13.2. The molecule has 0 spiro atoms. The lowest BCUT2D eigenvalue weighted by molar-refractivity contribution is 0.0423. The van der Waals surface area contributed by atoms with E-state index in [2.05, 4.69) is 42.3 Å². The zero-order valence-electron chi connectivity index (χ0n) is 15.9. The number of aryl methyl sites for hydroxylation is 1. The minimum Gasteiger partial charge on any atom is -0.333 e. The summed E-state index contributed by atoms with van der Waals surface area (Å²) < 4.78 is 0. The Kier molecular flexibility index (Phi) is 7.79. The van der Waals surface area contributed by atoms with Crippen molar-refractivity contribution in [2.45, 2.75) is 52.1 Å². The largest absolute Gasteiger partial charge is 0.333 e. The molecule has 0 aromatic heterocycles. The maximum absolute atomic E-state index is 13.2. The summed E-state index contributed by atoms with van der Waals surface area (Å²) in [7, 11) is 0. The molecule has 0 bridgehead atoms. The number of hydrogen-bond acceptors (Lipinski definition) is 4. The molecule has 1 aliphatic rings. The van der Waals surface area contributed by atoms with Crippen LogP contribution in [0.5, 0.6) is 0 Å². The maximum Gasteiger partial charge on any atom is 0.254 e. The fraction of sp³-hybridized carbons (Fsp3) is 0.650. The lowest BCUT2D eigenvalue weighted by atomic mass is 9.99. The third-order valence-corrected chi connectivity index (χ3v) is 5.75. The van der Waals surface area contributed by atoms with Crippen LogP contribution in [-0.2, 0) is 0 Å². The van der Waals surface area contributed by atoms with Gasteiger partial charge in [0.25, 0.3) is 5.91 Å². The van der Waals surface area contributed by atoms with Crippen molar-refractivity contribution in [1.29, 1.82) is 0 Å². The van der Waals surface area contributed by atoms with Crippen LogP contribution in [0.1, 0.15) is 47.7 Å². The minimum absolute atomic E-state index is 0.0939. The molecule has 1 heterocycles. The predicted molar refractivity (Wildman–Crippen MR) is 109 cm³/mol. The SMILES string of the molecule is CCCC[C@H]1CN(C[C@@H](N)CS)CCN1C(=O)c1cccc(C)c1C. The summed E-state index contributed by atoms with van der Waals surface area (Å²) in [6.45, 7) is 9.76. The second-order valence-electron chi connectivity index (χ2n) is 7.24. The van der Waals surface area contributed by atoms with Gasteiger partial charge in [0, 0.05) is 49.6 Å². The van der Waals surface area contributed by atoms with Gasteiger partial charge in [-0.05, 0) is 37.5 Å². The lowest BCUT2D eigenvalue weighted by Crippen LogP contribution is -2.57. The highest BCUT2D eigenvalue weighted by Gasteiger charge is 2.31. The Morgan fingerprint density at radius 2 is 2.12 bits per heavy atom. The number of amides is 1. The molecule has 1 aromatic carbocycles. The molecule has 5 heteroatoms. The zero-order valence-corrected chi connectivity index (χ0v) is 16.8. The molecule has 1 aromatic rings. The minimum atomic E-state index is 0.0939. The molecule has 140 valence electrons. The molecule has 4 nitrogen and oxygen atoms in total. The molecule has 1 saturated heterocycles. The van der Waals surface area contributed by atoms with E-state index in [9.17, 15) is 4.79 Å². The molecule has 1 fully saturated rings. The van der Waals surface area contributed by atoms with E-state index in [-0.39, 0.29) is 18.0 Å². The number of thiol groups is 1. The number of nitrogens with zero attached hydrogens (tertiary/aromatic N) is 2. The summed E-state index contributed by atoms with van der Waals surface area (Å²) in [5, 5.41) is 0. The normalized spacial score (nSPS) is 19.9. The molecule has 0 unspecified atom stereocenters. The van der Waals surface area contributed by atoms with Crippen molar-refractivity contribution < 1.29 is 4.79 Å². The number of nitrogens with two attached hydrogens (primary N) is 1. The number of piperazine rings is 1. The van der Waals surface area contributed by atoms with Crippen LogP contribution in [0.3, 0.4) is 0 Å². The first-order chi connectivity index (χ1) is 12.0. The van der Waals surface area contributed by atoms with Gasteiger partial charge in [0.2, 0.25) is 0 Å². The molecule has 0 radical (unpaired) electrons. The molecule has 0 saturated carbocycles. The van der Waals surface area contributed by atoms with E-state index in [1.54, 1.807) is 0 Å². The number of carbonyl (C=O) groups excluding carboxylic acids is 1. The predicted octanol–water partition coefficient (Wildman–Crippen LogP) is 2.88. The van der Waals surface area contributed by atoms with E-state index >= 15 is 0 Å². The van der Waals surface area contributed by atoms with Crippen molar-refractivity contribution in [3.05, 3.63) is 34.9 Å². The van der Waals surface area contributed by atoms with Crippen LogP contribution < -0.4 is 5.73 Å². The number of hydrogen-bond donors (Lipinski definition) is 2. The Labute approximate surface area is 158 Å². The highest BCUT2D eigenvalue weighted by Crippen LogP contribution is 2.21. The molecule has 2 rings (SSSR count). The van der Waals surface area contributed by atoms with E-state index in [1.807, 2.05) is 19.1 Å².